The van der Waals surface area contributed by atoms with Gasteiger partial charge in [0.05, 0.1) is 0 Å². The summed E-state index contributed by atoms with van der Waals surface area (Å²) >= 11 is 1.29. The number of carbonyl (C=O) groups excluding carboxylic acids is 2. The lowest BCUT2D eigenvalue weighted by Crippen LogP contribution is -2.38. The van der Waals surface area contributed by atoms with Gasteiger partial charge in [0, 0.05) is 42.3 Å². The maximum Gasteiger partial charge on any atom is 0.446 e. The number of nitrogens with zero attached hydrogens (tertiary/aromatic N) is 3. The van der Waals surface area contributed by atoms with E-state index in [2.05, 4.69) is 38.1 Å². The summed E-state index contributed by atoms with van der Waals surface area (Å²) in [4.78, 5) is 31.4. The van der Waals surface area contributed by atoms with Crippen LogP contribution in [0.25, 0.3) is 0 Å². The van der Waals surface area contributed by atoms with E-state index < -0.39 is 6.09 Å². The Bertz CT molecular complexity index is 687. The predicted molar refractivity (Wildman–Crippen MR) is 110 cm³/mol. The highest BCUT2D eigenvalue weighted by Gasteiger charge is 2.24. The van der Waals surface area contributed by atoms with E-state index in [-0.39, 0.29) is 16.4 Å². The van der Waals surface area contributed by atoms with Gasteiger partial charge in [-0.1, -0.05) is 49.8 Å². The smallest absolute Gasteiger partial charge is 0.339 e. The number of amides is 2. The molecular weight excluding hydrogens is 390 g/mol. The van der Waals surface area contributed by atoms with Crippen LogP contribution in [-0.4, -0.2) is 52.6 Å². The lowest BCUT2D eigenvalue weighted by molar-refractivity contribution is -0.122. The van der Waals surface area contributed by atoms with E-state index >= 15 is 0 Å². The van der Waals surface area contributed by atoms with Crippen LogP contribution < -0.4 is 0 Å². The first-order valence-corrected chi connectivity index (χ1v) is 11.1. The van der Waals surface area contributed by atoms with E-state index in [0.717, 1.165) is 10.6 Å². The van der Waals surface area contributed by atoms with Crippen molar-refractivity contribution >= 4 is 50.6 Å². The van der Waals surface area contributed by atoms with Gasteiger partial charge >= 0.3 is 6.09 Å². The molecule has 0 saturated carbocycles. The summed E-state index contributed by atoms with van der Waals surface area (Å²) in [6.07, 6.45) is -0.622. The molecule has 2 amide bonds. The predicted octanol–water partition coefficient (Wildman–Crippen LogP) is 4.23. The fraction of sp³-hybridized carbons (Fsp3) is 0.471. The van der Waals surface area contributed by atoms with Gasteiger partial charge in [-0.3, -0.25) is 9.63 Å². The Balaban J connectivity index is 1.84. The maximum absolute atomic E-state index is 12.0. The first-order valence-electron chi connectivity index (χ1n) is 8.04. The van der Waals surface area contributed by atoms with Crippen LogP contribution in [-0.2, 0) is 15.0 Å². The molecule has 1 aromatic carbocycles. The van der Waals surface area contributed by atoms with E-state index in [9.17, 15) is 9.59 Å². The first kappa shape index (κ1) is 21.0. The molecule has 0 aromatic heterocycles. The van der Waals surface area contributed by atoms with E-state index in [0.29, 0.717) is 6.54 Å². The van der Waals surface area contributed by atoms with Crippen molar-refractivity contribution in [3.63, 3.8) is 0 Å². The van der Waals surface area contributed by atoms with Crippen LogP contribution in [0.5, 0.6) is 0 Å². The molecule has 26 heavy (non-hydrogen) atoms. The monoisotopic (exact) mass is 413 g/mol. The van der Waals surface area contributed by atoms with Gasteiger partial charge in [-0.2, -0.15) is 0 Å². The summed E-state index contributed by atoms with van der Waals surface area (Å²) in [6, 6.07) is 8.25. The van der Waals surface area contributed by atoms with Crippen LogP contribution in [0.3, 0.4) is 0 Å². The molecule has 9 heteroatoms. The average molecular weight is 414 g/mol. The normalized spacial score (nSPS) is 16.7. The summed E-state index contributed by atoms with van der Waals surface area (Å²) in [5.74, 6) is 0.515. The van der Waals surface area contributed by atoms with Crippen molar-refractivity contribution in [2.45, 2.75) is 31.1 Å². The topological polar surface area (TPSA) is 62.2 Å². The van der Waals surface area contributed by atoms with Crippen molar-refractivity contribution in [3.05, 3.63) is 29.8 Å². The van der Waals surface area contributed by atoms with Gasteiger partial charge in [0.25, 0.3) is 5.91 Å². The highest BCUT2D eigenvalue weighted by molar-refractivity contribution is 8.75. The zero-order chi connectivity index (χ0) is 19.3. The Labute approximate surface area is 166 Å². The summed E-state index contributed by atoms with van der Waals surface area (Å²) in [6.45, 7) is 7.17. The van der Waals surface area contributed by atoms with Crippen LogP contribution in [0.4, 0.5) is 4.79 Å². The van der Waals surface area contributed by atoms with Gasteiger partial charge in [0.1, 0.15) is 0 Å². The number of carbonyl (C=O) groups is 2. The highest BCUT2D eigenvalue weighted by Crippen LogP contribution is 2.34. The second-order valence-corrected chi connectivity index (χ2v) is 10.1. The average Bonchev–Trinajstić information content (AvgIpc) is 2.60. The zero-order valence-corrected chi connectivity index (χ0v) is 18.0. The molecule has 2 rings (SSSR count). The Morgan fingerprint density at radius 3 is 2.58 bits per heavy atom. The second-order valence-electron chi connectivity index (χ2n) is 6.76. The molecule has 0 radical (unpaired) electrons. The quantitative estimate of drug-likeness (QED) is 0.319. The first-order chi connectivity index (χ1) is 12.2. The van der Waals surface area contributed by atoms with Crippen molar-refractivity contribution in [1.82, 2.24) is 9.21 Å². The third-order valence-electron chi connectivity index (χ3n) is 3.62. The molecule has 0 N–H and O–H groups in total. The third kappa shape index (κ3) is 5.85. The van der Waals surface area contributed by atoms with Gasteiger partial charge in [0.15, 0.2) is 0 Å². The molecule has 1 saturated heterocycles. The van der Waals surface area contributed by atoms with E-state index in [1.165, 1.54) is 43.4 Å². The van der Waals surface area contributed by atoms with E-state index in [1.54, 1.807) is 19.0 Å². The van der Waals surface area contributed by atoms with E-state index in [1.807, 2.05) is 12.1 Å². The number of rotatable bonds is 4. The molecule has 6 nitrogen and oxygen atoms in total. The SMILES string of the molecule is CN1CCSC(=NOC(=O)N(C)SSc2ccc(C(C)(C)C)cc2)C1=O. The van der Waals surface area contributed by atoms with Crippen LogP contribution in [0.1, 0.15) is 26.3 Å². The Morgan fingerprint density at radius 2 is 1.96 bits per heavy atom. The van der Waals surface area contributed by atoms with Gasteiger partial charge in [0.2, 0.25) is 5.04 Å². The molecule has 0 atom stereocenters. The lowest BCUT2D eigenvalue weighted by atomic mass is 9.87. The fourth-order valence-corrected chi connectivity index (χ4v) is 4.53. The van der Waals surface area contributed by atoms with E-state index in [4.69, 9.17) is 4.84 Å². The van der Waals surface area contributed by atoms with Gasteiger partial charge in [-0.25, -0.2) is 9.10 Å². The van der Waals surface area contributed by atoms with Crippen LogP contribution in [0, 0.1) is 0 Å². The van der Waals surface area contributed by atoms with Crippen molar-refractivity contribution < 1.29 is 14.4 Å². The van der Waals surface area contributed by atoms with Gasteiger partial charge < -0.3 is 4.90 Å². The number of hydrogen-bond donors (Lipinski definition) is 0. The van der Waals surface area contributed by atoms with Crippen LogP contribution >= 0.6 is 33.5 Å². The maximum atomic E-state index is 12.0. The Hall–Kier alpha value is -1.32. The van der Waals surface area contributed by atoms with Gasteiger partial charge in [-0.05, 0) is 33.9 Å². The van der Waals surface area contributed by atoms with Gasteiger partial charge in [-0.15, -0.1) is 0 Å². The van der Waals surface area contributed by atoms with Crippen molar-refractivity contribution in [3.8, 4) is 0 Å². The van der Waals surface area contributed by atoms with Crippen molar-refractivity contribution in [2.75, 3.05) is 26.4 Å². The molecule has 142 valence electrons. The summed E-state index contributed by atoms with van der Waals surface area (Å²) in [5.41, 5.74) is 1.37. The minimum atomic E-state index is -0.622. The number of oxime groups is 1. The molecule has 0 unspecified atom stereocenters. The number of hydrogen-bond acceptors (Lipinski definition) is 7. The molecular formula is C17H23N3O3S3. The lowest BCUT2D eigenvalue weighted by Gasteiger charge is -2.22. The van der Waals surface area contributed by atoms with Crippen molar-refractivity contribution in [2.24, 2.45) is 5.16 Å². The minimum Gasteiger partial charge on any atom is -0.339 e. The fourth-order valence-electron chi connectivity index (χ4n) is 1.95. The molecule has 0 spiro atoms. The summed E-state index contributed by atoms with van der Waals surface area (Å²) in [7, 11) is 5.99. The molecule has 0 bridgehead atoms. The zero-order valence-electron chi connectivity index (χ0n) is 15.5. The molecule has 1 fully saturated rings. The third-order valence-corrected chi connectivity index (χ3v) is 6.92. The van der Waals surface area contributed by atoms with Crippen LogP contribution in [0.2, 0.25) is 0 Å². The minimum absolute atomic E-state index is 0.110. The Kier molecular flexibility index (Phi) is 7.31. The van der Waals surface area contributed by atoms with Crippen LogP contribution in [0.15, 0.2) is 34.3 Å². The standard InChI is InChI=1S/C17H23N3O3S3/c1-17(2,3)12-6-8-13(9-7-12)25-26-20(5)16(22)23-18-14-15(21)19(4)10-11-24-14/h6-9H,10-11H2,1-5H3. The molecule has 1 aliphatic heterocycles. The highest BCUT2D eigenvalue weighted by atomic mass is 33.1. The molecule has 1 heterocycles. The number of benzene rings is 1. The summed E-state index contributed by atoms with van der Waals surface area (Å²) in [5, 5.41) is 3.91. The largest absolute Gasteiger partial charge is 0.446 e. The summed E-state index contributed by atoms with van der Waals surface area (Å²) < 4.78 is 1.34. The second kappa shape index (κ2) is 9.05. The van der Waals surface area contributed by atoms with Crippen molar-refractivity contribution in [1.29, 1.82) is 0 Å². The molecule has 1 aliphatic rings. The molecule has 1 aromatic rings. The molecule has 0 aliphatic carbocycles. The number of thioether (sulfide) groups is 1. The Morgan fingerprint density at radius 1 is 1.31 bits per heavy atom.